The summed E-state index contributed by atoms with van der Waals surface area (Å²) in [7, 11) is 1.64. The molecule has 0 spiro atoms. The number of carbonyl (C=O) groups excluding carboxylic acids is 1. The number of phenolic OH excluding ortho intramolecular Hbond substituents is 1. The summed E-state index contributed by atoms with van der Waals surface area (Å²) in [6, 6.07) is 6.85. The number of hydrogen-bond donors (Lipinski definition) is 3. The largest absolute Gasteiger partial charge is 0.508 e. The number of benzene rings is 1. The van der Waals surface area contributed by atoms with Gasteiger partial charge in [0.05, 0.1) is 6.04 Å². The molecule has 0 aliphatic heterocycles. The summed E-state index contributed by atoms with van der Waals surface area (Å²) >= 11 is 0. The zero-order chi connectivity index (χ0) is 13.5. The molecule has 3 N–H and O–H groups in total. The van der Waals surface area contributed by atoms with Gasteiger partial charge in [-0.2, -0.15) is 0 Å². The average molecular weight is 250 g/mol. The molecule has 0 fully saturated rings. The molecule has 1 aromatic carbocycles. The Morgan fingerprint density at radius 2 is 2.11 bits per heavy atom. The number of aromatic hydroxyl groups is 1. The van der Waals surface area contributed by atoms with E-state index in [-0.39, 0.29) is 17.7 Å². The fraction of sp³-hybridized carbons (Fsp3) is 0.500. The molecule has 0 saturated heterocycles. The number of rotatable bonds is 6. The van der Waals surface area contributed by atoms with Crippen molar-refractivity contribution in [2.45, 2.75) is 32.9 Å². The summed E-state index contributed by atoms with van der Waals surface area (Å²) < 4.78 is 0. The van der Waals surface area contributed by atoms with Crippen molar-refractivity contribution >= 4 is 5.91 Å². The maximum Gasteiger partial charge on any atom is 0.236 e. The van der Waals surface area contributed by atoms with Crippen LogP contribution >= 0.6 is 0 Å². The number of hydrogen-bond acceptors (Lipinski definition) is 3. The lowest BCUT2D eigenvalue weighted by atomic mass is 10.0. The maximum absolute atomic E-state index is 11.7. The van der Waals surface area contributed by atoms with Crippen molar-refractivity contribution in [3.8, 4) is 5.75 Å². The molecule has 4 nitrogen and oxygen atoms in total. The molecule has 1 amide bonds. The van der Waals surface area contributed by atoms with E-state index in [9.17, 15) is 9.90 Å². The molecule has 18 heavy (non-hydrogen) atoms. The van der Waals surface area contributed by atoms with Crippen LogP contribution in [0.5, 0.6) is 5.75 Å². The molecular formula is C14H22N2O2. The van der Waals surface area contributed by atoms with Crippen LogP contribution in [0.1, 0.15) is 25.8 Å². The monoisotopic (exact) mass is 250 g/mol. The third-order valence-electron chi connectivity index (χ3n) is 2.73. The van der Waals surface area contributed by atoms with E-state index in [1.165, 1.54) is 0 Å². The van der Waals surface area contributed by atoms with Crippen LogP contribution in [0.4, 0.5) is 0 Å². The smallest absolute Gasteiger partial charge is 0.236 e. The summed E-state index contributed by atoms with van der Waals surface area (Å²) in [5, 5.41) is 15.3. The molecule has 100 valence electrons. The molecule has 0 aliphatic carbocycles. The SMILES string of the molecule is CNC(=O)C(CC(C)C)NCc1cccc(O)c1. The number of amides is 1. The Balaban J connectivity index is 2.58. The molecule has 4 heteroatoms. The van der Waals surface area contributed by atoms with Gasteiger partial charge in [-0.25, -0.2) is 0 Å². The van der Waals surface area contributed by atoms with E-state index in [2.05, 4.69) is 24.5 Å². The van der Waals surface area contributed by atoms with Crippen molar-refractivity contribution < 1.29 is 9.90 Å². The quantitative estimate of drug-likeness (QED) is 0.719. The predicted octanol–water partition coefficient (Wildman–Crippen LogP) is 1.64. The number of likely N-dealkylation sites (N-methyl/N-ethyl adjacent to an activating group) is 1. The Morgan fingerprint density at radius 3 is 2.67 bits per heavy atom. The zero-order valence-corrected chi connectivity index (χ0v) is 11.2. The summed E-state index contributed by atoms with van der Waals surface area (Å²) in [6.45, 7) is 4.75. The number of phenols is 1. The highest BCUT2D eigenvalue weighted by atomic mass is 16.3. The Kier molecular flexibility index (Phi) is 5.65. The van der Waals surface area contributed by atoms with Gasteiger partial charge in [-0.1, -0.05) is 26.0 Å². The predicted molar refractivity (Wildman–Crippen MR) is 72.3 cm³/mol. The van der Waals surface area contributed by atoms with Crippen LogP contribution in [0.15, 0.2) is 24.3 Å². The van der Waals surface area contributed by atoms with E-state index >= 15 is 0 Å². The van der Waals surface area contributed by atoms with Crippen LogP contribution in [-0.2, 0) is 11.3 Å². The first kappa shape index (κ1) is 14.5. The van der Waals surface area contributed by atoms with Crippen LogP contribution in [-0.4, -0.2) is 24.1 Å². The third kappa shape index (κ3) is 4.75. The Morgan fingerprint density at radius 1 is 1.39 bits per heavy atom. The highest BCUT2D eigenvalue weighted by Gasteiger charge is 2.17. The second-order valence-electron chi connectivity index (χ2n) is 4.85. The topological polar surface area (TPSA) is 61.4 Å². The van der Waals surface area contributed by atoms with Crippen molar-refractivity contribution in [3.05, 3.63) is 29.8 Å². The second-order valence-corrected chi connectivity index (χ2v) is 4.85. The van der Waals surface area contributed by atoms with Gasteiger partial charge in [0.2, 0.25) is 5.91 Å². The first-order chi connectivity index (χ1) is 8.52. The van der Waals surface area contributed by atoms with Gasteiger partial charge in [0.25, 0.3) is 0 Å². The molecule has 1 aromatic rings. The lowest BCUT2D eigenvalue weighted by Gasteiger charge is -2.19. The van der Waals surface area contributed by atoms with Crippen molar-refractivity contribution in [2.24, 2.45) is 5.92 Å². The first-order valence-corrected chi connectivity index (χ1v) is 6.25. The Bertz CT molecular complexity index is 391. The van der Waals surface area contributed by atoms with Crippen LogP contribution in [0.25, 0.3) is 0 Å². The summed E-state index contributed by atoms with van der Waals surface area (Å²) in [4.78, 5) is 11.7. The van der Waals surface area contributed by atoms with Crippen LogP contribution < -0.4 is 10.6 Å². The van der Waals surface area contributed by atoms with Crippen molar-refractivity contribution in [1.29, 1.82) is 0 Å². The lowest BCUT2D eigenvalue weighted by molar-refractivity contribution is -0.123. The van der Waals surface area contributed by atoms with E-state index in [0.717, 1.165) is 12.0 Å². The first-order valence-electron chi connectivity index (χ1n) is 6.25. The Hall–Kier alpha value is -1.55. The molecule has 1 unspecified atom stereocenters. The van der Waals surface area contributed by atoms with E-state index < -0.39 is 0 Å². The van der Waals surface area contributed by atoms with E-state index in [0.29, 0.717) is 12.5 Å². The van der Waals surface area contributed by atoms with Gasteiger partial charge in [-0.05, 0) is 30.0 Å². The molecular weight excluding hydrogens is 228 g/mol. The van der Waals surface area contributed by atoms with Gasteiger partial charge in [-0.3, -0.25) is 4.79 Å². The number of nitrogens with one attached hydrogen (secondary N) is 2. The number of carbonyl (C=O) groups is 1. The van der Waals surface area contributed by atoms with E-state index in [1.54, 1.807) is 25.2 Å². The molecule has 1 rings (SSSR count). The highest BCUT2D eigenvalue weighted by molar-refractivity contribution is 5.81. The third-order valence-corrected chi connectivity index (χ3v) is 2.73. The van der Waals surface area contributed by atoms with Crippen LogP contribution in [0, 0.1) is 5.92 Å². The molecule has 0 aliphatic rings. The molecule has 1 atom stereocenters. The molecule has 0 radical (unpaired) electrons. The molecule has 0 bridgehead atoms. The molecule has 0 saturated carbocycles. The average Bonchev–Trinajstić information content (AvgIpc) is 2.33. The summed E-state index contributed by atoms with van der Waals surface area (Å²) in [5.41, 5.74) is 0.965. The zero-order valence-electron chi connectivity index (χ0n) is 11.2. The van der Waals surface area contributed by atoms with Crippen LogP contribution in [0.3, 0.4) is 0 Å². The van der Waals surface area contributed by atoms with Gasteiger partial charge >= 0.3 is 0 Å². The van der Waals surface area contributed by atoms with E-state index in [4.69, 9.17) is 0 Å². The summed E-state index contributed by atoms with van der Waals surface area (Å²) in [5.74, 6) is 0.697. The van der Waals surface area contributed by atoms with Crippen molar-refractivity contribution in [2.75, 3.05) is 7.05 Å². The summed E-state index contributed by atoms with van der Waals surface area (Å²) in [6.07, 6.45) is 0.790. The minimum atomic E-state index is -0.197. The fourth-order valence-electron chi connectivity index (χ4n) is 1.84. The van der Waals surface area contributed by atoms with Gasteiger partial charge in [0.15, 0.2) is 0 Å². The maximum atomic E-state index is 11.7. The standard InChI is InChI=1S/C14H22N2O2/c1-10(2)7-13(14(18)15-3)16-9-11-5-4-6-12(17)8-11/h4-6,8,10,13,16-17H,7,9H2,1-3H3,(H,15,18). The van der Waals surface area contributed by atoms with E-state index in [1.807, 2.05) is 6.07 Å². The fourth-order valence-corrected chi connectivity index (χ4v) is 1.84. The highest BCUT2D eigenvalue weighted by Crippen LogP contribution is 2.11. The van der Waals surface area contributed by atoms with Crippen LogP contribution in [0.2, 0.25) is 0 Å². The van der Waals surface area contributed by atoms with Gasteiger partial charge in [0, 0.05) is 13.6 Å². The van der Waals surface area contributed by atoms with Gasteiger partial charge < -0.3 is 15.7 Å². The Labute approximate surface area is 108 Å². The van der Waals surface area contributed by atoms with Crippen molar-refractivity contribution in [3.63, 3.8) is 0 Å². The van der Waals surface area contributed by atoms with Crippen molar-refractivity contribution in [1.82, 2.24) is 10.6 Å². The lowest BCUT2D eigenvalue weighted by Crippen LogP contribution is -2.43. The molecule has 0 aromatic heterocycles. The van der Waals surface area contributed by atoms with Gasteiger partial charge in [0.1, 0.15) is 5.75 Å². The molecule has 0 heterocycles. The normalized spacial score (nSPS) is 12.4. The second kappa shape index (κ2) is 7.01. The minimum Gasteiger partial charge on any atom is -0.508 e. The minimum absolute atomic E-state index is 0.00357. The van der Waals surface area contributed by atoms with Gasteiger partial charge in [-0.15, -0.1) is 0 Å².